The maximum absolute atomic E-state index is 13.3. The smallest absolute Gasteiger partial charge is 0.322 e. The van der Waals surface area contributed by atoms with Crippen molar-refractivity contribution in [1.29, 1.82) is 0 Å². The Morgan fingerprint density at radius 3 is 2.36 bits per heavy atom. The van der Waals surface area contributed by atoms with E-state index in [0.29, 0.717) is 11.4 Å². The minimum absolute atomic E-state index is 0.150. The second kappa shape index (κ2) is 11.8. The maximum Gasteiger partial charge on any atom is 0.322 e. The average Bonchev–Trinajstić information content (AvgIpc) is 3.32. The van der Waals surface area contributed by atoms with Crippen molar-refractivity contribution in [2.45, 2.75) is 20.0 Å². The largest absolute Gasteiger partial charge is 0.467 e. The van der Waals surface area contributed by atoms with Gasteiger partial charge >= 0.3 is 6.03 Å². The van der Waals surface area contributed by atoms with E-state index in [4.69, 9.17) is 9.15 Å². The van der Waals surface area contributed by atoms with Crippen molar-refractivity contribution < 1.29 is 23.1 Å². The Balaban J connectivity index is 1.73. The molecule has 0 unspecified atom stereocenters. The number of furan rings is 1. The molecule has 0 atom stereocenters. The van der Waals surface area contributed by atoms with Gasteiger partial charge in [-0.25, -0.2) is 9.18 Å². The summed E-state index contributed by atoms with van der Waals surface area (Å²) in [6.07, 6.45) is 1.54. The minimum Gasteiger partial charge on any atom is -0.467 e. The van der Waals surface area contributed by atoms with Crippen molar-refractivity contribution in [3.63, 3.8) is 0 Å². The number of aryl methyl sites for hydroxylation is 1. The zero-order valence-electron chi connectivity index (χ0n) is 18.8. The fourth-order valence-corrected chi connectivity index (χ4v) is 3.19. The zero-order chi connectivity index (χ0) is 23.6. The van der Waals surface area contributed by atoms with Crippen LogP contribution in [0.5, 0.6) is 0 Å². The molecule has 2 aromatic carbocycles. The Hall–Kier alpha value is -3.65. The zero-order valence-corrected chi connectivity index (χ0v) is 18.8. The second-order valence-electron chi connectivity index (χ2n) is 7.67. The topological polar surface area (TPSA) is 75.0 Å². The normalized spacial score (nSPS) is 10.6. The summed E-state index contributed by atoms with van der Waals surface area (Å²) in [6, 6.07) is 16.5. The molecule has 7 nitrogen and oxygen atoms in total. The highest BCUT2D eigenvalue weighted by molar-refractivity contribution is 5.92. The Morgan fingerprint density at radius 2 is 1.73 bits per heavy atom. The van der Waals surface area contributed by atoms with E-state index in [-0.39, 0.29) is 44.5 Å². The van der Waals surface area contributed by atoms with Crippen molar-refractivity contribution in [3.05, 3.63) is 89.6 Å². The summed E-state index contributed by atoms with van der Waals surface area (Å²) in [5.74, 6) is -0.00919. The standard InChI is InChI=1S/C25H28FN3O4/c1-19-5-11-22(12-6-19)27-25(31)28(13-15-32-2)18-24(30)29(17-23-4-3-14-33-23)16-20-7-9-21(26)10-8-20/h3-12,14H,13,15-18H2,1-2H3,(H,27,31). The van der Waals surface area contributed by atoms with E-state index >= 15 is 0 Å². The number of nitrogens with zero attached hydrogens (tertiary/aromatic N) is 2. The second-order valence-corrected chi connectivity index (χ2v) is 7.67. The predicted molar refractivity (Wildman–Crippen MR) is 123 cm³/mol. The highest BCUT2D eigenvalue weighted by atomic mass is 19.1. The quantitative estimate of drug-likeness (QED) is 0.493. The van der Waals surface area contributed by atoms with Crippen LogP contribution in [0.1, 0.15) is 16.9 Å². The van der Waals surface area contributed by atoms with Crippen LogP contribution in [0.4, 0.5) is 14.9 Å². The number of hydrogen-bond donors (Lipinski definition) is 1. The lowest BCUT2D eigenvalue weighted by Crippen LogP contribution is -2.45. The number of amides is 3. The van der Waals surface area contributed by atoms with Crippen LogP contribution >= 0.6 is 0 Å². The Morgan fingerprint density at radius 1 is 1.00 bits per heavy atom. The first kappa shape index (κ1) is 24.0. The van der Waals surface area contributed by atoms with Crippen LogP contribution in [0.25, 0.3) is 0 Å². The van der Waals surface area contributed by atoms with Gasteiger partial charge < -0.3 is 24.3 Å². The van der Waals surface area contributed by atoms with Crippen LogP contribution < -0.4 is 5.32 Å². The third kappa shape index (κ3) is 7.47. The molecule has 1 N–H and O–H groups in total. The lowest BCUT2D eigenvalue weighted by atomic mass is 10.2. The molecule has 0 saturated carbocycles. The third-order valence-electron chi connectivity index (χ3n) is 5.05. The minimum atomic E-state index is -0.399. The molecule has 8 heteroatoms. The van der Waals surface area contributed by atoms with Gasteiger partial charge in [-0.1, -0.05) is 29.8 Å². The van der Waals surface area contributed by atoms with Crippen molar-refractivity contribution in [3.8, 4) is 0 Å². The van der Waals surface area contributed by atoms with Gasteiger partial charge in [0.1, 0.15) is 18.1 Å². The molecule has 0 bridgehead atoms. The van der Waals surface area contributed by atoms with Gasteiger partial charge in [-0.3, -0.25) is 4.79 Å². The summed E-state index contributed by atoms with van der Waals surface area (Å²) in [7, 11) is 1.54. The van der Waals surface area contributed by atoms with Crippen molar-refractivity contribution in [2.75, 3.05) is 32.1 Å². The number of benzene rings is 2. The molecule has 0 saturated heterocycles. The number of urea groups is 1. The van der Waals surface area contributed by atoms with Crippen LogP contribution in [0.15, 0.2) is 71.3 Å². The Labute approximate surface area is 192 Å². The first-order chi connectivity index (χ1) is 15.9. The van der Waals surface area contributed by atoms with Gasteiger partial charge in [0.05, 0.1) is 19.4 Å². The van der Waals surface area contributed by atoms with E-state index in [2.05, 4.69) is 5.32 Å². The lowest BCUT2D eigenvalue weighted by Gasteiger charge is -2.27. The number of hydrogen-bond acceptors (Lipinski definition) is 4. The van der Waals surface area contributed by atoms with Crippen LogP contribution in [0, 0.1) is 12.7 Å². The summed E-state index contributed by atoms with van der Waals surface area (Å²) in [6.45, 7) is 2.81. The van der Waals surface area contributed by atoms with Gasteiger partial charge in [0.2, 0.25) is 5.91 Å². The number of ether oxygens (including phenoxy) is 1. The number of carbonyl (C=O) groups is 2. The summed E-state index contributed by atoms with van der Waals surface area (Å²) in [5.41, 5.74) is 2.48. The van der Waals surface area contributed by atoms with E-state index in [1.807, 2.05) is 19.1 Å². The molecule has 0 spiro atoms. The molecule has 1 aromatic heterocycles. The van der Waals surface area contributed by atoms with Gasteiger partial charge in [0.15, 0.2) is 0 Å². The van der Waals surface area contributed by atoms with Crippen LogP contribution in [0.2, 0.25) is 0 Å². The molecule has 33 heavy (non-hydrogen) atoms. The summed E-state index contributed by atoms with van der Waals surface area (Å²) in [4.78, 5) is 29.1. The Kier molecular flexibility index (Phi) is 8.60. The molecule has 0 aliphatic rings. The molecule has 3 aromatic rings. The number of carbonyl (C=O) groups excluding carboxylic acids is 2. The van der Waals surface area contributed by atoms with Crippen LogP contribution in [-0.2, 0) is 22.6 Å². The molecule has 0 aliphatic carbocycles. The molecule has 3 amide bonds. The SMILES string of the molecule is COCCN(CC(=O)N(Cc1ccc(F)cc1)Cc1ccco1)C(=O)Nc1ccc(C)cc1. The first-order valence-corrected chi connectivity index (χ1v) is 10.6. The van der Waals surface area contributed by atoms with E-state index in [1.165, 1.54) is 30.4 Å². The molecule has 0 radical (unpaired) electrons. The van der Waals surface area contributed by atoms with Gasteiger partial charge in [0, 0.05) is 25.9 Å². The fraction of sp³-hybridized carbons (Fsp3) is 0.280. The molecule has 3 rings (SSSR count). The average molecular weight is 454 g/mol. The lowest BCUT2D eigenvalue weighted by molar-refractivity contribution is -0.133. The van der Waals surface area contributed by atoms with Gasteiger partial charge in [-0.15, -0.1) is 0 Å². The van der Waals surface area contributed by atoms with Crippen molar-refractivity contribution in [2.24, 2.45) is 0 Å². The van der Waals surface area contributed by atoms with E-state index in [9.17, 15) is 14.0 Å². The maximum atomic E-state index is 13.3. The summed E-state index contributed by atoms with van der Waals surface area (Å²) < 4.78 is 23.8. The van der Waals surface area contributed by atoms with E-state index in [0.717, 1.165) is 11.1 Å². The Bertz CT molecular complexity index is 1020. The number of methoxy groups -OCH3 is 1. The number of anilines is 1. The molecule has 0 fully saturated rings. The number of rotatable bonds is 10. The first-order valence-electron chi connectivity index (χ1n) is 10.6. The van der Waals surface area contributed by atoms with Gasteiger partial charge in [-0.05, 0) is 48.9 Å². The van der Waals surface area contributed by atoms with E-state index in [1.54, 1.807) is 41.3 Å². The summed E-state index contributed by atoms with van der Waals surface area (Å²) in [5, 5.41) is 2.82. The van der Waals surface area contributed by atoms with E-state index < -0.39 is 6.03 Å². The molecule has 174 valence electrons. The molecular weight excluding hydrogens is 425 g/mol. The molecule has 0 aliphatic heterocycles. The molecule has 1 heterocycles. The fourth-order valence-electron chi connectivity index (χ4n) is 3.19. The number of halogens is 1. The highest BCUT2D eigenvalue weighted by Crippen LogP contribution is 2.14. The van der Waals surface area contributed by atoms with Gasteiger partial charge in [-0.2, -0.15) is 0 Å². The van der Waals surface area contributed by atoms with Crippen molar-refractivity contribution in [1.82, 2.24) is 9.80 Å². The number of nitrogens with one attached hydrogen (secondary N) is 1. The predicted octanol–water partition coefficient (Wildman–Crippen LogP) is 4.44. The third-order valence-corrected chi connectivity index (χ3v) is 5.05. The summed E-state index contributed by atoms with van der Waals surface area (Å²) >= 11 is 0. The monoisotopic (exact) mass is 453 g/mol. The van der Waals surface area contributed by atoms with Gasteiger partial charge in [0.25, 0.3) is 0 Å². The van der Waals surface area contributed by atoms with Crippen LogP contribution in [-0.4, -0.2) is 48.5 Å². The highest BCUT2D eigenvalue weighted by Gasteiger charge is 2.22. The molecular formula is C25H28FN3O4. The van der Waals surface area contributed by atoms with Crippen molar-refractivity contribution >= 4 is 17.6 Å². The van der Waals surface area contributed by atoms with Crippen LogP contribution in [0.3, 0.4) is 0 Å².